The molecule has 100 valence electrons. The molecular weight excluding hydrogens is 254 g/mol. The maximum atomic E-state index is 11.1. The highest BCUT2D eigenvalue weighted by Crippen LogP contribution is 2.24. The first-order valence-corrected chi connectivity index (χ1v) is 6.29. The predicted molar refractivity (Wildman–Crippen MR) is 74.1 cm³/mol. The van der Waals surface area contributed by atoms with Gasteiger partial charge < -0.3 is 5.73 Å². The number of aryl methyl sites for hydroxylation is 1. The lowest BCUT2D eigenvalue weighted by atomic mass is 10.0. The lowest BCUT2D eigenvalue weighted by molar-refractivity contribution is 0.100. The van der Waals surface area contributed by atoms with Crippen molar-refractivity contribution in [2.75, 3.05) is 0 Å². The van der Waals surface area contributed by atoms with Gasteiger partial charge in [0.1, 0.15) is 6.33 Å². The van der Waals surface area contributed by atoms with E-state index in [0.29, 0.717) is 11.2 Å². The first-order valence-electron chi connectivity index (χ1n) is 6.29. The maximum absolute atomic E-state index is 11.1. The van der Waals surface area contributed by atoms with Gasteiger partial charge in [-0.15, -0.1) is 10.2 Å². The number of nitrogens with two attached hydrogens (primary N) is 1. The van der Waals surface area contributed by atoms with Gasteiger partial charge in [-0.05, 0) is 30.2 Å². The zero-order valence-corrected chi connectivity index (χ0v) is 10.9. The van der Waals surface area contributed by atoms with Crippen molar-refractivity contribution in [3.05, 3.63) is 47.9 Å². The first kappa shape index (κ1) is 12.3. The van der Waals surface area contributed by atoms with Crippen LogP contribution in [0.3, 0.4) is 0 Å². The number of hydrogen-bond donors (Lipinski definition) is 1. The molecular formula is C14H13N5O. The lowest BCUT2D eigenvalue weighted by Gasteiger charge is -2.06. The van der Waals surface area contributed by atoms with Crippen LogP contribution in [-0.4, -0.2) is 25.7 Å². The van der Waals surface area contributed by atoms with Gasteiger partial charge in [-0.1, -0.05) is 19.1 Å². The minimum Gasteiger partial charge on any atom is -0.366 e. The molecule has 6 nitrogen and oxygen atoms in total. The second kappa shape index (κ2) is 4.73. The number of benzene rings is 1. The average molecular weight is 267 g/mol. The van der Waals surface area contributed by atoms with Gasteiger partial charge in [0.2, 0.25) is 5.91 Å². The number of aromatic nitrogens is 4. The molecule has 0 aliphatic carbocycles. The molecule has 0 spiro atoms. The molecule has 0 fully saturated rings. The number of primary amides is 1. The zero-order valence-electron chi connectivity index (χ0n) is 10.9. The molecule has 2 aromatic heterocycles. The zero-order chi connectivity index (χ0) is 14.1. The number of carbonyl (C=O) groups is 1. The van der Waals surface area contributed by atoms with Gasteiger partial charge in [0.25, 0.3) is 0 Å². The molecule has 6 heteroatoms. The van der Waals surface area contributed by atoms with E-state index >= 15 is 0 Å². The van der Waals surface area contributed by atoms with E-state index in [1.54, 1.807) is 23.0 Å². The Morgan fingerprint density at radius 3 is 2.70 bits per heavy atom. The fraction of sp³-hybridized carbons (Fsp3) is 0.143. The van der Waals surface area contributed by atoms with Crippen LogP contribution in [0.4, 0.5) is 0 Å². The molecule has 3 rings (SSSR count). The summed E-state index contributed by atoms with van der Waals surface area (Å²) in [6.07, 6.45) is 2.40. The minimum absolute atomic E-state index is 0.437. The third-order valence-electron chi connectivity index (χ3n) is 3.16. The van der Waals surface area contributed by atoms with Gasteiger partial charge in [0.15, 0.2) is 5.65 Å². The van der Waals surface area contributed by atoms with Crippen LogP contribution in [0.2, 0.25) is 0 Å². The number of carbonyl (C=O) groups excluding carboxylic acids is 1. The molecule has 2 N–H and O–H groups in total. The molecule has 0 saturated heterocycles. The van der Waals surface area contributed by atoms with Crippen molar-refractivity contribution in [1.82, 2.24) is 19.8 Å². The lowest BCUT2D eigenvalue weighted by Crippen LogP contribution is -2.10. The topological polar surface area (TPSA) is 86.2 Å². The third-order valence-corrected chi connectivity index (χ3v) is 3.16. The Morgan fingerprint density at radius 2 is 2.05 bits per heavy atom. The summed E-state index contributed by atoms with van der Waals surface area (Å²) in [5.41, 5.74) is 9.25. The summed E-state index contributed by atoms with van der Waals surface area (Å²) in [6, 6.07) is 9.10. The van der Waals surface area contributed by atoms with E-state index < -0.39 is 5.91 Å². The monoisotopic (exact) mass is 267 g/mol. The van der Waals surface area contributed by atoms with Gasteiger partial charge in [0, 0.05) is 11.1 Å². The highest BCUT2D eigenvalue weighted by molar-refractivity contribution is 5.93. The molecule has 2 heterocycles. The molecule has 0 aliphatic rings. The van der Waals surface area contributed by atoms with Crippen LogP contribution in [0.25, 0.3) is 16.8 Å². The fourth-order valence-electron chi connectivity index (χ4n) is 2.08. The molecule has 1 aromatic carbocycles. The second-order valence-corrected chi connectivity index (χ2v) is 4.44. The van der Waals surface area contributed by atoms with E-state index in [1.807, 2.05) is 25.1 Å². The summed E-state index contributed by atoms with van der Waals surface area (Å²) in [5.74, 6) is -0.437. The molecule has 0 atom stereocenters. The quantitative estimate of drug-likeness (QED) is 0.778. The minimum atomic E-state index is -0.437. The maximum Gasteiger partial charge on any atom is 0.248 e. The summed E-state index contributed by atoms with van der Waals surface area (Å²) in [5, 5.41) is 12.4. The van der Waals surface area contributed by atoms with Crippen molar-refractivity contribution in [1.29, 1.82) is 0 Å². The highest BCUT2D eigenvalue weighted by Gasteiger charge is 2.10. The summed E-state index contributed by atoms with van der Waals surface area (Å²) in [4.78, 5) is 11.1. The van der Waals surface area contributed by atoms with Gasteiger partial charge in [-0.3, -0.25) is 4.79 Å². The van der Waals surface area contributed by atoms with E-state index in [4.69, 9.17) is 5.73 Å². The number of rotatable bonds is 3. The summed E-state index contributed by atoms with van der Waals surface area (Å²) >= 11 is 0. The number of amides is 1. The predicted octanol–water partition coefficient (Wildman–Crippen LogP) is 1.45. The molecule has 0 unspecified atom stereocenters. The molecule has 0 bridgehead atoms. The van der Waals surface area contributed by atoms with E-state index in [-0.39, 0.29) is 0 Å². The summed E-state index contributed by atoms with van der Waals surface area (Å²) in [7, 11) is 0. The van der Waals surface area contributed by atoms with E-state index in [0.717, 1.165) is 23.2 Å². The van der Waals surface area contributed by atoms with Crippen molar-refractivity contribution >= 4 is 11.6 Å². The Morgan fingerprint density at radius 1 is 1.30 bits per heavy atom. The molecule has 0 saturated carbocycles. The van der Waals surface area contributed by atoms with Gasteiger partial charge in [-0.25, -0.2) is 0 Å². The van der Waals surface area contributed by atoms with Crippen molar-refractivity contribution in [2.24, 2.45) is 5.73 Å². The Kier molecular flexibility index (Phi) is 2.90. The third kappa shape index (κ3) is 2.01. The second-order valence-electron chi connectivity index (χ2n) is 4.44. The molecule has 3 aromatic rings. The molecule has 1 amide bonds. The highest BCUT2D eigenvalue weighted by atomic mass is 16.1. The Bertz CT molecular complexity index is 776. The van der Waals surface area contributed by atoms with Crippen molar-refractivity contribution in [3.63, 3.8) is 0 Å². The summed E-state index contributed by atoms with van der Waals surface area (Å²) < 4.78 is 1.66. The van der Waals surface area contributed by atoms with E-state index in [9.17, 15) is 4.79 Å². The average Bonchev–Trinajstić information content (AvgIpc) is 2.94. The largest absolute Gasteiger partial charge is 0.366 e. The van der Waals surface area contributed by atoms with Crippen LogP contribution in [0.1, 0.15) is 23.0 Å². The first-order chi connectivity index (χ1) is 9.69. The van der Waals surface area contributed by atoms with E-state index in [2.05, 4.69) is 15.3 Å². The summed E-state index contributed by atoms with van der Waals surface area (Å²) in [6.45, 7) is 2.04. The Labute approximate surface area is 115 Å². The number of fused-ring (bicyclic) bond motifs is 1. The number of nitrogens with zero attached hydrogens (tertiary/aromatic N) is 4. The molecule has 0 aliphatic heterocycles. The molecule has 20 heavy (non-hydrogen) atoms. The van der Waals surface area contributed by atoms with E-state index in [1.165, 1.54) is 0 Å². The Balaban J connectivity index is 2.17. The van der Waals surface area contributed by atoms with Crippen LogP contribution in [0.5, 0.6) is 0 Å². The van der Waals surface area contributed by atoms with Crippen LogP contribution in [0.15, 0.2) is 36.7 Å². The van der Waals surface area contributed by atoms with Crippen molar-refractivity contribution in [2.45, 2.75) is 13.3 Å². The van der Waals surface area contributed by atoms with Crippen LogP contribution in [-0.2, 0) is 6.42 Å². The van der Waals surface area contributed by atoms with Gasteiger partial charge in [-0.2, -0.15) is 9.61 Å². The Hall–Kier alpha value is -2.76. The smallest absolute Gasteiger partial charge is 0.248 e. The SMILES string of the molecule is CCc1cc(-c2ccc(C(N)=O)cc2)c2nncn2n1. The van der Waals surface area contributed by atoms with Crippen LogP contribution < -0.4 is 5.73 Å². The number of hydrogen-bond acceptors (Lipinski definition) is 4. The van der Waals surface area contributed by atoms with Crippen LogP contribution in [0, 0.1) is 0 Å². The van der Waals surface area contributed by atoms with Crippen molar-refractivity contribution in [3.8, 4) is 11.1 Å². The van der Waals surface area contributed by atoms with Gasteiger partial charge >= 0.3 is 0 Å². The fourth-order valence-corrected chi connectivity index (χ4v) is 2.08. The normalized spacial score (nSPS) is 10.8. The van der Waals surface area contributed by atoms with Crippen LogP contribution >= 0.6 is 0 Å². The van der Waals surface area contributed by atoms with Crippen molar-refractivity contribution < 1.29 is 4.79 Å². The van der Waals surface area contributed by atoms with Gasteiger partial charge in [0.05, 0.1) is 5.69 Å². The standard InChI is InChI=1S/C14H13N5O/c1-2-11-7-12(14-17-16-8-19(14)18-11)9-3-5-10(6-4-9)13(15)20/h3-8H,2H2,1H3,(H2,15,20). The molecule has 0 radical (unpaired) electrons.